The summed E-state index contributed by atoms with van der Waals surface area (Å²) in [4.78, 5) is 11.1. The molecule has 1 aromatic carbocycles. The molecule has 2 aromatic rings. The number of carbonyl (C=O) groups excluding carboxylic acids is 1. The lowest BCUT2D eigenvalue weighted by Gasteiger charge is -2.01. The van der Waals surface area contributed by atoms with Gasteiger partial charge in [-0.3, -0.25) is 4.79 Å². The lowest BCUT2D eigenvalue weighted by atomic mass is 10.0. The van der Waals surface area contributed by atoms with Crippen molar-refractivity contribution in [2.75, 3.05) is 0 Å². The standard InChI is InChI=1S/C17H15NO/c1-12-16(11-13-7-9-14(19)10-8-13)15-5-3-4-6-17(15)18(12)2/h3-11H,1-2H3. The maximum absolute atomic E-state index is 11.1. The molecule has 1 heterocycles. The Morgan fingerprint density at radius 3 is 2.47 bits per heavy atom. The number of rotatable bonds is 1. The Balaban J connectivity index is 2.19. The molecule has 19 heavy (non-hydrogen) atoms. The SMILES string of the molecule is Cc1c(C=C2C=CC(=O)C=C2)c2ccccc2n1C. The average molecular weight is 249 g/mol. The Morgan fingerprint density at radius 2 is 1.74 bits per heavy atom. The van der Waals surface area contributed by atoms with Crippen molar-refractivity contribution in [2.24, 2.45) is 7.05 Å². The molecule has 2 heteroatoms. The van der Waals surface area contributed by atoms with Gasteiger partial charge >= 0.3 is 0 Å². The van der Waals surface area contributed by atoms with Gasteiger partial charge in [-0.25, -0.2) is 0 Å². The minimum atomic E-state index is 0.0480. The maximum Gasteiger partial charge on any atom is 0.178 e. The van der Waals surface area contributed by atoms with Crippen LogP contribution < -0.4 is 0 Å². The van der Waals surface area contributed by atoms with Gasteiger partial charge in [0, 0.05) is 29.2 Å². The highest BCUT2D eigenvalue weighted by atomic mass is 16.1. The van der Waals surface area contributed by atoms with Crippen LogP contribution in [0.2, 0.25) is 0 Å². The molecule has 3 rings (SSSR count). The lowest BCUT2D eigenvalue weighted by Crippen LogP contribution is -1.92. The van der Waals surface area contributed by atoms with Gasteiger partial charge in [0.05, 0.1) is 0 Å². The van der Waals surface area contributed by atoms with E-state index in [0.717, 1.165) is 5.57 Å². The number of nitrogens with zero attached hydrogens (tertiary/aromatic N) is 1. The number of benzene rings is 1. The summed E-state index contributed by atoms with van der Waals surface area (Å²) in [5.41, 5.74) is 4.73. The predicted octanol–water partition coefficient (Wildman–Crippen LogP) is 3.57. The Labute approximate surface area is 112 Å². The first kappa shape index (κ1) is 11.7. The van der Waals surface area contributed by atoms with Crippen LogP contribution in [0.4, 0.5) is 0 Å². The van der Waals surface area contributed by atoms with Gasteiger partial charge in [-0.2, -0.15) is 0 Å². The first-order valence-corrected chi connectivity index (χ1v) is 6.32. The number of aromatic nitrogens is 1. The van der Waals surface area contributed by atoms with Crippen molar-refractivity contribution in [3.63, 3.8) is 0 Å². The molecule has 94 valence electrons. The van der Waals surface area contributed by atoms with Gasteiger partial charge < -0.3 is 4.57 Å². The number of carbonyl (C=O) groups is 1. The molecule has 0 atom stereocenters. The van der Waals surface area contributed by atoms with Crippen molar-refractivity contribution >= 4 is 22.8 Å². The Kier molecular flexibility index (Phi) is 2.71. The molecule has 0 fully saturated rings. The number of allylic oxidation sites excluding steroid dienone is 5. The van der Waals surface area contributed by atoms with Crippen LogP contribution in [0.5, 0.6) is 0 Å². The summed E-state index contributed by atoms with van der Waals surface area (Å²) in [6.07, 6.45) is 9.07. The first-order valence-electron chi connectivity index (χ1n) is 6.32. The molecule has 1 aliphatic rings. The topological polar surface area (TPSA) is 22.0 Å². The van der Waals surface area contributed by atoms with Crippen LogP contribution in [0.15, 0.2) is 54.1 Å². The molecule has 0 aliphatic heterocycles. The van der Waals surface area contributed by atoms with E-state index in [1.54, 1.807) is 12.2 Å². The third kappa shape index (κ3) is 1.95. The molecule has 0 unspecified atom stereocenters. The highest BCUT2D eigenvalue weighted by molar-refractivity contribution is 6.02. The molecule has 0 radical (unpaired) electrons. The minimum Gasteiger partial charge on any atom is -0.347 e. The second kappa shape index (κ2) is 4.39. The summed E-state index contributed by atoms with van der Waals surface area (Å²) in [5, 5.41) is 1.24. The van der Waals surface area contributed by atoms with E-state index in [2.05, 4.69) is 48.9 Å². The van der Waals surface area contributed by atoms with Gasteiger partial charge in [-0.15, -0.1) is 0 Å². The molecule has 0 amide bonds. The molecular weight excluding hydrogens is 234 g/mol. The fourth-order valence-electron chi connectivity index (χ4n) is 2.46. The van der Waals surface area contributed by atoms with Gasteiger partial charge in [0.15, 0.2) is 5.78 Å². The van der Waals surface area contributed by atoms with Gasteiger partial charge in [0.1, 0.15) is 0 Å². The summed E-state index contributed by atoms with van der Waals surface area (Å²) < 4.78 is 2.20. The highest BCUT2D eigenvalue weighted by Crippen LogP contribution is 2.27. The quantitative estimate of drug-likeness (QED) is 0.757. The zero-order valence-corrected chi connectivity index (χ0v) is 11.1. The van der Waals surface area contributed by atoms with Crippen molar-refractivity contribution < 1.29 is 4.79 Å². The van der Waals surface area contributed by atoms with Crippen molar-refractivity contribution in [2.45, 2.75) is 6.92 Å². The van der Waals surface area contributed by atoms with Crippen LogP contribution in [0.25, 0.3) is 17.0 Å². The molecule has 0 saturated carbocycles. The van der Waals surface area contributed by atoms with Crippen LogP contribution >= 0.6 is 0 Å². The van der Waals surface area contributed by atoms with Gasteiger partial charge in [0.2, 0.25) is 0 Å². The van der Waals surface area contributed by atoms with Crippen LogP contribution in [0, 0.1) is 6.92 Å². The smallest absolute Gasteiger partial charge is 0.178 e. The van der Waals surface area contributed by atoms with E-state index >= 15 is 0 Å². The maximum atomic E-state index is 11.1. The Morgan fingerprint density at radius 1 is 1.05 bits per heavy atom. The number of ketones is 1. The van der Waals surface area contributed by atoms with E-state index in [9.17, 15) is 4.79 Å². The fourth-order valence-corrected chi connectivity index (χ4v) is 2.46. The zero-order valence-electron chi connectivity index (χ0n) is 11.1. The second-order valence-electron chi connectivity index (χ2n) is 4.79. The number of hydrogen-bond donors (Lipinski definition) is 0. The van der Waals surface area contributed by atoms with Crippen LogP contribution in [0.1, 0.15) is 11.3 Å². The summed E-state index contributed by atoms with van der Waals surface area (Å²) in [6, 6.07) is 8.37. The van der Waals surface area contributed by atoms with E-state index in [0.29, 0.717) is 0 Å². The van der Waals surface area contributed by atoms with E-state index in [-0.39, 0.29) is 5.78 Å². The monoisotopic (exact) mass is 249 g/mol. The van der Waals surface area contributed by atoms with Crippen molar-refractivity contribution in [3.05, 3.63) is 65.4 Å². The van der Waals surface area contributed by atoms with Crippen molar-refractivity contribution in [1.29, 1.82) is 0 Å². The van der Waals surface area contributed by atoms with Gasteiger partial charge in [-0.1, -0.05) is 30.4 Å². The molecule has 0 saturated heterocycles. The molecule has 1 aliphatic carbocycles. The predicted molar refractivity (Wildman–Crippen MR) is 78.9 cm³/mol. The van der Waals surface area contributed by atoms with E-state index in [1.165, 1.54) is 22.2 Å². The van der Waals surface area contributed by atoms with E-state index in [4.69, 9.17) is 0 Å². The normalized spacial score (nSPS) is 14.4. The molecular formula is C17H15NO. The van der Waals surface area contributed by atoms with Crippen LogP contribution in [-0.2, 0) is 11.8 Å². The fraction of sp³-hybridized carbons (Fsp3) is 0.118. The van der Waals surface area contributed by atoms with Gasteiger partial charge in [0.25, 0.3) is 0 Å². The van der Waals surface area contributed by atoms with E-state index in [1.807, 2.05) is 12.2 Å². The van der Waals surface area contributed by atoms with Crippen LogP contribution in [-0.4, -0.2) is 10.4 Å². The third-order valence-corrected chi connectivity index (χ3v) is 3.64. The molecule has 0 N–H and O–H groups in total. The number of fused-ring (bicyclic) bond motifs is 1. The third-order valence-electron chi connectivity index (χ3n) is 3.64. The first-order chi connectivity index (χ1) is 9.16. The number of hydrogen-bond acceptors (Lipinski definition) is 1. The van der Waals surface area contributed by atoms with Crippen molar-refractivity contribution in [1.82, 2.24) is 4.57 Å². The largest absolute Gasteiger partial charge is 0.347 e. The Bertz CT molecular complexity index is 739. The van der Waals surface area contributed by atoms with E-state index < -0.39 is 0 Å². The molecule has 0 spiro atoms. The summed E-state index contributed by atoms with van der Waals surface area (Å²) in [6.45, 7) is 2.12. The molecule has 0 bridgehead atoms. The Hall–Kier alpha value is -2.35. The average Bonchev–Trinajstić information content (AvgIpc) is 2.67. The highest BCUT2D eigenvalue weighted by Gasteiger charge is 2.09. The number of aryl methyl sites for hydroxylation is 1. The van der Waals surface area contributed by atoms with Gasteiger partial charge in [-0.05, 0) is 36.8 Å². The summed E-state index contributed by atoms with van der Waals surface area (Å²) >= 11 is 0. The number of para-hydroxylation sites is 1. The summed E-state index contributed by atoms with van der Waals surface area (Å²) in [5.74, 6) is 0.0480. The lowest BCUT2D eigenvalue weighted by molar-refractivity contribution is -0.110. The molecule has 2 nitrogen and oxygen atoms in total. The van der Waals surface area contributed by atoms with Crippen LogP contribution in [0.3, 0.4) is 0 Å². The molecule has 1 aromatic heterocycles. The minimum absolute atomic E-state index is 0.0480. The van der Waals surface area contributed by atoms with Crippen molar-refractivity contribution in [3.8, 4) is 0 Å². The zero-order chi connectivity index (χ0) is 13.4. The second-order valence-corrected chi connectivity index (χ2v) is 4.79. The summed E-state index contributed by atoms with van der Waals surface area (Å²) in [7, 11) is 2.08.